The van der Waals surface area contributed by atoms with Gasteiger partial charge in [-0.3, -0.25) is 4.79 Å². The molecule has 0 spiro atoms. The molecule has 1 N–H and O–H groups in total. The number of allylic oxidation sites excluding steroid dienone is 1. The van der Waals surface area contributed by atoms with Crippen LogP contribution in [0.4, 0.5) is 5.82 Å². The zero-order valence-electron chi connectivity index (χ0n) is 16.5. The van der Waals surface area contributed by atoms with E-state index in [2.05, 4.69) is 16.4 Å². The van der Waals surface area contributed by atoms with E-state index in [0.29, 0.717) is 5.82 Å². The Bertz CT molecular complexity index is 1060. The number of carbonyl (C=O) groups excluding carboxylic acids is 1. The summed E-state index contributed by atoms with van der Waals surface area (Å²) in [5.41, 5.74) is 4.93. The second kappa shape index (κ2) is 7.50. The van der Waals surface area contributed by atoms with Crippen LogP contribution in [-0.4, -0.2) is 18.0 Å². The fraction of sp³-hybridized carbons (Fsp3) is 0.304. The molecule has 1 aliphatic carbocycles. The number of fused-ring (bicyclic) bond motifs is 3. The van der Waals surface area contributed by atoms with E-state index in [9.17, 15) is 4.79 Å². The Morgan fingerprint density at radius 1 is 1.29 bits per heavy atom. The minimum absolute atomic E-state index is 0.217. The van der Waals surface area contributed by atoms with E-state index < -0.39 is 0 Å². The van der Waals surface area contributed by atoms with Crippen LogP contribution in [0.1, 0.15) is 42.2 Å². The molecule has 0 aliphatic heterocycles. The summed E-state index contributed by atoms with van der Waals surface area (Å²) >= 11 is 0. The molecule has 2 heterocycles. The summed E-state index contributed by atoms with van der Waals surface area (Å²) in [5, 5.41) is 3.93. The molecule has 3 aromatic rings. The maximum atomic E-state index is 12.4. The van der Waals surface area contributed by atoms with Gasteiger partial charge < -0.3 is 14.5 Å². The maximum Gasteiger partial charge on any atom is 0.249 e. The van der Waals surface area contributed by atoms with E-state index in [1.165, 1.54) is 18.4 Å². The third-order valence-electron chi connectivity index (χ3n) is 5.32. The van der Waals surface area contributed by atoms with Gasteiger partial charge in [0.2, 0.25) is 5.91 Å². The SMILES string of the molecule is COc1c(/C(C)=C/C(=O)Nc2ccccn2)cc2c3c(oc2c1C)CCCC3. The van der Waals surface area contributed by atoms with Crippen LogP contribution < -0.4 is 10.1 Å². The number of furan rings is 1. The number of amides is 1. The zero-order valence-corrected chi connectivity index (χ0v) is 16.5. The number of anilines is 1. The minimum atomic E-state index is -0.217. The Labute approximate surface area is 164 Å². The quantitative estimate of drug-likeness (QED) is 0.646. The van der Waals surface area contributed by atoms with Crippen LogP contribution >= 0.6 is 0 Å². The molecule has 0 atom stereocenters. The molecule has 0 radical (unpaired) electrons. The molecule has 0 saturated heterocycles. The lowest BCUT2D eigenvalue weighted by Gasteiger charge is -2.13. The predicted molar refractivity (Wildman–Crippen MR) is 111 cm³/mol. The van der Waals surface area contributed by atoms with Crippen molar-refractivity contribution in [2.45, 2.75) is 39.5 Å². The molecule has 0 saturated carbocycles. The van der Waals surface area contributed by atoms with Crippen LogP contribution in [0.25, 0.3) is 16.5 Å². The third kappa shape index (κ3) is 3.28. The Morgan fingerprint density at radius 3 is 2.86 bits per heavy atom. The van der Waals surface area contributed by atoms with Gasteiger partial charge in [-0.05, 0) is 56.9 Å². The van der Waals surface area contributed by atoms with Crippen LogP contribution in [0.15, 0.2) is 41.0 Å². The average Bonchev–Trinajstić information content (AvgIpc) is 3.07. The van der Waals surface area contributed by atoms with Crippen molar-refractivity contribution in [3.05, 3.63) is 59.0 Å². The van der Waals surface area contributed by atoms with Crippen molar-refractivity contribution in [2.75, 3.05) is 12.4 Å². The van der Waals surface area contributed by atoms with Crippen molar-refractivity contribution in [3.8, 4) is 5.75 Å². The first kappa shape index (κ1) is 18.3. The number of nitrogens with zero attached hydrogens (tertiary/aromatic N) is 1. The van der Waals surface area contributed by atoms with Gasteiger partial charge >= 0.3 is 0 Å². The summed E-state index contributed by atoms with van der Waals surface area (Å²) in [4.78, 5) is 16.6. The first-order valence-electron chi connectivity index (χ1n) is 9.61. The maximum absolute atomic E-state index is 12.4. The Morgan fingerprint density at radius 2 is 2.11 bits per heavy atom. The van der Waals surface area contributed by atoms with Crippen molar-refractivity contribution in [3.63, 3.8) is 0 Å². The summed E-state index contributed by atoms with van der Waals surface area (Å²) < 4.78 is 11.9. The number of benzene rings is 1. The molecule has 1 amide bonds. The molecule has 0 fully saturated rings. The second-order valence-corrected chi connectivity index (χ2v) is 7.20. The molecule has 144 valence electrons. The van der Waals surface area contributed by atoms with Gasteiger partial charge in [-0.1, -0.05) is 6.07 Å². The summed E-state index contributed by atoms with van der Waals surface area (Å²) in [6, 6.07) is 7.51. The Balaban J connectivity index is 1.75. The van der Waals surface area contributed by atoms with Crippen LogP contribution in [0.2, 0.25) is 0 Å². The third-order valence-corrected chi connectivity index (χ3v) is 5.32. The zero-order chi connectivity index (χ0) is 19.7. The van der Waals surface area contributed by atoms with Crippen molar-refractivity contribution < 1.29 is 13.9 Å². The molecule has 0 bridgehead atoms. The lowest BCUT2D eigenvalue weighted by Crippen LogP contribution is -2.09. The van der Waals surface area contributed by atoms with Gasteiger partial charge in [0, 0.05) is 40.8 Å². The number of rotatable bonds is 4. The van der Waals surface area contributed by atoms with E-state index >= 15 is 0 Å². The van der Waals surface area contributed by atoms with E-state index in [4.69, 9.17) is 9.15 Å². The first-order chi connectivity index (χ1) is 13.6. The fourth-order valence-corrected chi connectivity index (χ4v) is 3.97. The number of ether oxygens (including phenoxy) is 1. The minimum Gasteiger partial charge on any atom is -0.496 e. The number of carbonyl (C=O) groups is 1. The lowest BCUT2D eigenvalue weighted by atomic mass is 9.93. The molecule has 2 aromatic heterocycles. The van der Waals surface area contributed by atoms with Crippen LogP contribution in [0.5, 0.6) is 5.75 Å². The van der Waals surface area contributed by atoms with Gasteiger partial charge in [0.15, 0.2) is 0 Å². The van der Waals surface area contributed by atoms with Gasteiger partial charge in [0.05, 0.1) is 7.11 Å². The van der Waals surface area contributed by atoms with Gasteiger partial charge in [0.1, 0.15) is 22.9 Å². The van der Waals surface area contributed by atoms with Crippen molar-refractivity contribution in [1.82, 2.24) is 4.98 Å². The highest BCUT2D eigenvalue weighted by Crippen LogP contribution is 2.41. The van der Waals surface area contributed by atoms with E-state index in [-0.39, 0.29) is 5.91 Å². The average molecular weight is 376 g/mol. The fourth-order valence-electron chi connectivity index (χ4n) is 3.97. The summed E-state index contributed by atoms with van der Waals surface area (Å²) in [5.74, 6) is 2.15. The standard InChI is InChI=1S/C23H24N2O3/c1-14(12-21(26)25-20-10-6-7-11-24-20)17-13-18-16-8-4-5-9-19(16)28-23(18)15(2)22(17)27-3/h6-7,10-13H,4-5,8-9H2,1-3H3,(H,24,25,26)/b14-12+. The predicted octanol–water partition coefficient (Wildman–Crippen LogP) is 5.07. The Kier molecular flexibility index (Phi) is 4.90. The molecule has 1 aliphatic rings. The molecule has 0 unspecified atom stereocenters. The molecule has 5 nitrogen and oxygen atoms in total. The second-order valence-electron chi connectivity index (χ2n) is 7.20. The highest BCUT2D eigenvalue weighted by atomic mass is 16.5. The molecule has 1 aromatic carbocycles. The summed E-state index contributed by atoms with van der Waals surface area (Å²) in [7, 11) is 1.65. The van der Waals surface area contributed by atoms with Crippen LogP contribution in [0.3, 0.4) is 0 Å². The number of pyridine rings is 1. The topological polar surface area (TPSA) is 64.4 Å². The molecule has 5 heteroatoms. The highest BCUT2D eigenvalue weighted by Gasteiger charge is 2.23. The largest absolute Gasteiger partial charge is 0.496 e. The molecular weight excluding hydrogens is 352 g/mol. The molecule has 4 rings (SSSR count). The summed E-state index contributed by atoms with van der Waals surface area (Å²) in [6.45, 7) is 3.94. The number of aromatic nitrogens is 1. The number of nitrogens with one attached hydrogen (secondary N) is 1. The number of hydrogen-bond acceptors (Lipinski definition) is 4. The van der Waals surface area contributed by atoms with Crippen molar-refractivity contribution in [1.29, 1.82) is 0 Å². The highest BCUT2D eigenvalue weighted by molar-refractivity contribution is 6.04. The van der Waals surface area contributed by atoms with Crippen LogP contribution in [0, 0.1) is 6.92 Å². The first-order valence-corrected chi connectivity index (χ1v) is 9.61. The van der Waals surface area contributed by atoms with E-state index in [1.807, 2.05) is 26.0 Å². The normalized spacial score (nSPS) is 14.0. The van der Waals surface area contributed by atoms with E-state index in [0.717, 1.165) is 52.0 Å². The number of methoxy groups -OCH3 is 1. The molecule has 28 heavy (non-hydrogen) atoms. The van der Waals surface area contributed by atoms with Gasteiger partial charge in [-0.2, -0.15) is 0 Å². The van der Waals surface area contributed by atoms with Crippen LogP contribution in [-0.2, 0) is 17.6 Å². The smallest absolute Gasteiger partial charge is 0.249 e. The Hall–Kier alpha value is -3.08. The van der Waals surface area contributed by atoms with Gasteiger partial charge in [-0.15, -0.1) is 0 Å². The summed E-state index contributed by atoms with van der Waals surface area (Å²) in [6.07, 6.45) is 7.61. The monoisotopic (exact) mass is 376 g/mol. The lowest BCUT2D eigenvalue weighted by molar-refractivity contribution is -0.111. The van der Waals surface area contributed by atoms with Crippen molar-refractivity contribution in [2.24, 2.45) is 0 Å². The van der Waals surface area contributed by atoms with Gasteiger partial charge in [-0.25, -0.2) is 4.98 Å². The number of aryl methyl sites for hydroxylation is 3. The number of hydrogen-bond donors (Lipinski definition) is 1. The molecular formula is C23H24N2O3. The van der Waals surface area contributed by atoms with E-state index in [1.54, 1.807) is 25.4 Å². The van der Waals surface area contributed by atoms with Crippen molar-refractivity contribution >= 4 is 28.3 Å². The van der Waals surface area contributed by atoms with Gasteiger partial charge in [0.25, 0.3) is 0 Å².